The third kappa shape index (κ3) is 2.04. The molecule has 19 heavy (non-hydrogen) atoms. The first kappa shape index (κ1) is 12.0. The number of amides is 1. The van der Waals surface area contributed by atoms with Crippen molar-refractivity contribution in [2.45, 2.75) is 0 Å². The highest BCUT2D eigenvalue weighted by Crippen LogP contribution is 2.24. The van der Waals surface area contributed by atoms with Crippen molar-refractivity contribution in [1.29, 1.82) is 0 Å². The molecule has 1 heterocycles. The van der Waals surface area contributed by atoms with Crippen LogP contribution in [0.1, 0.15) is 10.4 Å². The van der Waals surface area contributed by atoms with Gasteiger partial charge >= 0.3 is 0 Å². The predicted molar refractivity (Wildman–Crippen MR) is 79.7 cm³/mol. The first-order valence-electron chi connectivity index (χ1n) is 5.88. The zero-order chi connectivity index (χ0) is 13.2. The van der Waals surface area contributed by atoms with Gasteiger partial charge in [0, 0.05) is 33.4 Å². The largest absolute Gasteiger partial charge is 0.316 e. The molecule has 0 bridgehead atoms. The van der Waals surface area contributed by atoms with Gasteiger partial charge in [0.1, 0.15) is 0 Å². The molecule has 4 heteroatoms. The van der Waals surface area contributed by atoms with Crippen molar-refractivity contribution in [2.24, 2.45) is 0 Å². The summed E-state index contributed by atoms with van der Waals surface area (Å²) in [4.78, 5) is 11.9. The smallest absolute Gasteiger partial charge is 0.263 e. The monoisotopic (exact) mass is 314 g/mol. The summed E-state index contributed by atoms with van der Waals surface area (Å²) < 4.78 is 4.52. The van der Waals surface area contributed by atoms with E-state index in [0.29, 0.717) is 5.56 Å². The van der Waals surface area contributed by atoms with Crippen molar-refractivity contribution in [3.05, 3.63) is 66.4 Å². The Morgan fingerprint density at radius 1 is 1.00 bits per heavy atom. The topological polar surface area (TPSA) is 34.0 Å². The Balaban J connectivity index is 2.29. The molecule has 0 atom stereocenters. The molecule has 1 aromatic heterocycles. The second kappa shape index (κ2) is 4.90. The van der Waals surface area contributed by atoms with E-state index in [1.165, 1.54) is 0 Å². The van der Waals surface area contributed by atoms with Crippen LogP contribution in [-0.2, 0) is 0 Å². The maximum atomic E-state index is 11.9. The Morgan fingerprint density at radius 2 is 1.68 bits per heavy atom. The molecule has 94 valence electrons. The van der Waals surface area contributed by atoms with Crippen molar-refractivity contribution < 1.29 is 4.79 Å². The van der Waals surface area contributed by atoms with Gasteiger partial charge in [-0.05, 0) is 18.2 Å². The summed E-state index contributed by atoms with van der Waals surface area (Å²) in [6, 6.07) is 17.8. The van der Waals surface area contributed by atoms with E-state index in [2.05, 4.69) is 20.5 Å². The van der Waals surface area contributed by atoms with Crippen LogP contribution in [-0.4, -0.2) is 10.5 Å². The minimum Gasteiger partial charge on any atom is -0.316 e. The third-order valence-electron chi connectivity index (χ3n) is 3.08. The number of rotatable bonds is 2. The van der Waals surface area contributed by atoms with Crippen LogP contribution in [0.15, 0.2) is 60.8 Å². The first-order valence-corrected chi connectivity index (χ1v) is 6.67. The summed E-state index contributed by atoms with van der Waals surface area (Å²) in [7, 11) is 0. The number of carbonyl (C=O) groups is 1. The maximum Gasteiger partial charge on any atom is 0.263 e. The Bertz CT molecular complexity index is 734. The van der Waals surface area contributed by atoms with Gasteiger partial charge in [0.05, 0.1) is 11.1 Å². The lowest BCUT2D eigenvalue weighted by Gasteiger charge is -2.04. The van der Waals surface area contributed by atoms with Crippen LogP contribution < -0.4 is 4.34 Å². The first-order chi connectivity index (χ1) is 9.31. The highest BCUT2D eigenvalue weighted by Gasteiger charge is 2.14. The summed E-state index contributed by atoms with van der Waals surface area (Å²) in [6.45, 7) is 0. The zero-order valence-corrected chi connectivity index (χ0v) is 11.6. The van der Waals surface area contributed by atoms with E-state index in [1.54, 1.807) is 0 Å². The van der Waals surface area contributed by atoms with Gasteiger partial charge in [-0.25, -0.2) is 0 Å². The second-order valence-corrected chi connectivity index (χ2v) is 4.59. The lowest BCUT2D eigenvalue weighted by molar-refractivity contribution is 0.0988. The number of para-hydroxylation sites is 2. The van der Waals surface area contributed by atoms with Crippen molar-refractivity contribution in [2.75, 3.05) is 0 Å². The Labute approximate surface area is 119 Å². The van der Waals surface area contributed by atoms with Crippen molar-refractivity contribution in [1.82, 2.24) is 8.91 Å². The van der Waals surface area contributed by atoms with Crippen LogP contribution in [0.3, 0.4) is 0 Å². The summed E-state index contributed by atoms with van der Waals surface area (Å²) >= 11 is 2.99. The molecule has 3 rings (SSSR count). The Hall–Kier alpha value is -2.07. The SMILES string of the molecule is O=C(NBr)c1cn(-c2ccccc2)c2ccccc12. The molecule has 0 fully saturated rings. The minimum atomic E-state index is -0.147. The molecule has 0 aliphatic carbocycles. The molecule has 3 aromatic rings. The molecule has 1 amide bonds. The number of hydrogen-bond acceptors (Lipinski definition) is 1. The van der Waals surface area contributed by atoms with Gasteiger partial charge in [0.2, 0.25) is 0 Å². The van der Waals surface area contributed by atoms with Crippen LogP contribution in [0.4, 0.5) is 0 Å². The highest BCUT2D eigenvalue weighted by atomic mass is 79.9. The molecule has 3 nitrogen and oxygen atoms in total. The van der Waals surface area contributed by atoms with Crippen molar-refractivity contribution >= 4 is 33.0 Å². The fourth-order valence-electron chi connectivity index (χ4n) is 2.21. The van der Waals surface area contributed by atoms with E-state index < -0.39 is 0 Å². The molecular weight excluding hydrogens is 304 g/mol. The molecule has 2 aromatic carbocycles. The van der Waals surface area contributed by atoms with Gasteiger partial charge in [0.15, 0.2) is 0 Å². The number of carbonyl (C=O) groups excluding carboxylic acids is 1. The van der Waals surface area contributed by atoms with Gasteiger partial charge in [-0.15, -0.1) is 0 Å². The molecule has 0 unspecified atom stereocenters. The summed E-state index contributed by atoms with van der Waals surface area (Å²) in [5.41, 5.74) is 2.70. The molecule has 1 N–H and O–H groups in total. The molecule has 0 saturated heterocycles. The summed E-state index contributed by atoms with van der Waals surface area (Å²) in [5, 5.41) is 0.934. The van der Waals surface area contributed by atoms with Gasteiger partial charge in [-0.3, -0.25) is 9.14 Å². The van der Waals surface area contributed by atoms with Crippen LogP contribution in [0, 0.1) is 0 Å². The Morgan fingerprint density at radius 3 is 2.42 bits per heavy atom. The molecule has 0 aliphatic rings. The van der Waals surface area contributed by atoms with E-state index in [9.17, 15) is 4.79 Å². The van der Waals surface area contributed by atoms with Crippen molar-refractivity contribution in [3.63, 3.8) is 0 Å². The van der Waals surface area contributed by atoms with E-state index in [4.69, 9.17) is 0 Å². The lowest BCUT2D eigenvalue weighted by Crippen LogP contribution is -2.11. The Kier molecular flexibility index (Phi) is 3.09. The summed E-state index contributed by atoms with van der Waals surface area (Å²) in [5.74, 6) is -0.147. The van der Waals surface area contributed by atoms with E-state index in [-0.39, 0.29) is 5.91 Å². The third-order valence-corrected chi connectivity index (χ3v) is 3.44. The van der Waals surface area contributed by atoms with Gasteiger partial charge in [0.25, 0.3) is 5.91 Å². The van der Waals surface area contributed by atoms with E-state index in [1.807, 2.05) is 65.4 Å². The summed E-state index contributed by atoms with van der Waals surface area (Å²) in [6.07, 6.45) is 1.86. The number of nitrogens with zero attached hydrogens (tertiary/aromatic N) is 1. The maximum absolute atomic E-state index is 11.9. The fourth-order valence-corrected chi connectivity index (χ4v) is 2.43. The lowest BCUT2D eigenvalue weighted by atomic mass is 10.2. The van der Waals surface area contributed by atoms with Gasteiger partial charge < -0.3 is 4.57 Å². The minimum absolute atomic E-state index is 0.147. The zero-order valence-electron chi connectivity index (χ0n) is 10.0. The highest BCUT2D eigenvalue weighted by molar-refractivity contribution is 9.08. The van der Waals surface area contributed by atoms with Crippen LogP contribution in [0.5, 0.6) is 0 Å². The van der Waals surface area contributed by atoms with Crippen LogP contribution in [0.25, 0.3) is 16.6 Å². The number of benzene rings is 2. The van der Waals surface area contributed by atoms with Gasteiger partial charge in [-0.2, -0.15) is 0 Å². The average molecular weight is 315 g/mol. The van der Waals surface area contributed by atoms with Crippen molar-refractivity contribution in [3.8, 4) is 5.69 Å². The van der Waals surface area contributed by atoms with Gasteiger partial charge in [-0.1, -0.05) is 36.4 Å². The number of aromatic nitrogens is 1. The number of halogens is 1. The van der Waals surface area contributed by atoms with Crippen LogP contribution in [0.2, 0.25) is 0 Å². The van der Waals surface area contributed by atoms with Crippen LogP contribution >= 0.6 is 16.1 Å². The standard InChI is InChI=1S/C15H11BrN2O/c16-17-15(19)13-10-18(11-6-2-1-3-7-11)14-9-5-4-8-12(13)14/h1-10H,(H,17,19). The molecule has 0 radical (unpaired) electrons. The predicted octanol–water partition coefficient (Wildman–Crippen LogP) is 3.67. The molecule has 0 saturated carbocycles. The number of fused-ring (bicyclic) bond motifs is 1. The quantitative estimate of drug-likeness (QED) is 0.719. The average Bonchev–Trinajstić information content (AvgIpc) is 2.87. The molecule has 0 spiro atoms. The second-order valence-electron chi connectivity index (χ2n) is 4.19. The van der Waals surface area contributed by atoms with E-state index >= 15 is 0 Å². The molecule has 0 aliphatic heterocycles. The number of nitrogens with one attached hydrogen (secondary N) is 1. The molecular formula is C15H11BrN2O. The number of hydrogen-bond donors (Lipinski definition) is 1. The normalized spacial score (nSPS) is 10.6. The fraction of sp³-hybridized carbons (Fsp3) is 0. The van der Waals surface area contributed by atoms with E-state index in [0.717, 1.165) is 16.6 Å².